The summed E-state index contributed by atoms with van der Waals surface area (Å²) in [5, 5.41) is 12.7. The number of benzene rings is 2. The van der Waals surface area contributed by atoms with E-state index in [1.165, 1.54) is 11.6 Å². The summed E-state index contributed by atoms with van der Waals surface area (Å²) >= 11 is 3.17. The molecule has 2 aromatic carbocycles. The van der Waals surface area contributed by atoms with Gasteiger partial charge in [-0.3, -0.25) is 0 Å². The molecule has 4 heteroatoms. The highest BCUT2D eigenvalue weighted by molar-refractivity contribution is 9.10. The smallest absolute Gasteiger partial charge is 0.137 e. The molecule has 0 bridgehead atoms. The molecule has 0 fully saturated rings. The SMILES string of the molecule is OC[C@@H](Cc1ccccc1)NCc1ccc(F)c(Br)c1. The number of hydrogen-bond donors (Lipinski definition) is 2. The van der Waals surface area contributed by atoms with E-state index in [0.717, 1.165) is 12.0 Å². The molecule has 0 spiro atoms. The van der Waals surface area contributed by atoms with Crippen molar-refractivity contribution in [3.63, 3.8) is 0 Å². The van der Waals surface area contributed by atoms with Crippen LogP contribution in [0.2, 0.25) is 0 Å². The molecule has 2 N–H and O–H groups in total. The Kier molecular flexibility index (Phi) is 5.71. The van der Waals surface area contributed by atoms with Gasteiger partial charge in [0, 0.05) is 12.6 Å². The zero-order chi connectivity index (χ0) is 14.4. The second-order valence-electron chi connectivity index (χ2n) is 4.70. The van der Waals surface area contributed by atoms with Gasteiger partial charge in [-0.05, 0) is 45.6 Å². The fraction of sp³-hybridized carbons (Fsp3) is 0.250. The van der Waals surface area contributed by atoms with Crippen LogP contribution in [0.3, 0.4) is 0 Å². The number of halogens is 2. The second-order valence-corrected chi connectivity index (χ2v) is 5.55. The predicted octanol–water partition coefficient (Wildman–Crippen LogP) is 3.28. The quantitative estimate of drug-likeness (QED) is 0.847. The summed E-state index contributed by atoms with van der Waals surface area (Å²) in [5.74, 6) is -0.267. The van der Waals surface area contributed by atoms with Crippen LogP contribution in [0.25, 0.3) is 0 Å². The highest BCUT2D eigenvalue weighted by Gasteiger charge is 2.08. The van der Waals surface area contributed by atoms with Gasteiger partial charge in [-0.25, -0.2) is 4.39 Å². The Balaban J connectivity index is 1.92. The highest BCUT2D eigenvalue weighted by Crippen LogP contribution is 2.16. The van der Waals surface area contributed by atoms with Crippen LogP contribution in [0.5, 0.6) is 0 Å². The first kappa shape index (κ1) is 15.2. The number of nitrogens with one attached hydrogen (secondary N) is 1. The Labute approximate surface area is 126 Å². The minimum atomic E-state index is -0.267. The Hall–Kier alpha value is -1.23. The lowest BCUT2D eigenvalue weighted by molar-refractivity contribution is 0.241. The van der Waals surface area contributed by atoms with Crippen LogP contribution in [0, 0.1) is 5.82 Å². The average Bonchev–Trinajstić information content (AvgIpc) is 2.48. The van der Waals surface area contributed by atoms with E-state index in [1.807, 2.05) is 30.3 Å². The van der Waals surface area contributed by atoms with E-state index < -0.39 is 0 Å². The molecule has 0 aliphatic heterocycles. The molecule has 0 unspecified atom stereocenters. The largest absolute Gasteiger partial charge is 0.395 e. The topological polar surface area (TPSA) is 32.3 Å². The molecule has 0 saturated carbocycles. The van der Waals surface area contributed by atoms with Crippen molar-refractivity contribution in [2.75, 3.05) is 6.61 Å². The number of hydrogen-bond acceptors (Lipinski definition) is 2. The minimum Gasteiger partial charge on any atom is -0.395 e. The molecule has 0 aliphatic rings. The second kappa shape index (κ2) is 7.53. The third kappa shape index (κ3) is 4.40. The third-order valence-corrected chi connectivity index (χ3v) is 3.73. The summed E-state index contributed by atoms with van der Waals surface area (Å²) in [6, 6.07) is 14.9. The van der Waals surface area contributed by atoms with Crippen molar-refractivity contribution in [1.29, 1.82) is 0 Å². The molecule has 2 aromatic rings. The molecule has 2 nitrogen and oxygen atoms in total. The van der Waals surface area contributed by atoms with Crippen molar-refractivity contribution >= 4 is 15.9 Å². The first-order valence-corrected chi connectivity index (χ1v) is 7.30. The van der Waals surface area contributed by atoms with Crippen LogP contribution in [-0.2, 0) is 13.0 Å². The molecule has 0 aromatic heterocycles. The maximum atomic E-state index is 13.1. The normalized spacial score (nSPS) is 12.3. The van der Waals surface area contributed by atoms with Gasteiger partial charge in [0.1, 0.15) is 5.82 Å². The molecule has 0 heterocycles. The lowest BCUT2D eigenvalue weighted by Gasteiger charge is -2.16. The standard InChI is InChI=1S/C16H17BrFNO/c17-15-9-13(6-7-16(15)18)10-19-14(11-20)8-12-4-2-1-3-5-12/h1-7,9,14,19-20H,8,10-11H2/t14-/m1/s1. The average molecular weight is 338 g/mol. The lowest BCUT2D eigenvalue weighted by Crippen LogP contribution is -2.34. The molecule has 0 radical (unpaired) electrons. The summed E-state index contributed by atoms with van der Waals surface area (Å²) in [6.07, 6.45) is 0.764. The van der Waals surface area contributed by atoms with E-state index in [1.54, 1.807) is 12.1 Å². The van der Waals surface area contributed by atoms with Gasteiger partial charge in [0.05, 0.1) is 11.1 Å². The van der Waals surface area contributed by atoms with E-state index in [2.05, 4.69) is 21.2 Å². The van der Waals surface area contributed by atoms with Crippen molar-refractivity contribution in [3.05, 3.63) is 69.9 Å². The lowest BCUT2D eigenvalue weighted by atomic mass is 10.1. The Morgan fingerprint density at radius 3 is 2.50 bits per heavy atom. The predicted molar refractivity (Wildman–Crippen MR) is 82.0 cm³/mol. The number of aliphatic hydroxyl groups excluding tert-OH is 1. The number of rotatable bonds is 6. The van der Waals surface area contributed by atoms with E-state index in [0.29, 0.717) is 11.0 Å². The van der Waals surface area contributed by atoms with Crippen LogP contribution >= 0.6 is 15.9 Å². The van der Waals surface area contributed by atoms with Gasteiger partial charge in [0.15, 0.2) is 0 Å². The van der Waals surface area contributed by atoms with Crippen molar-refractivity contribution in [2.45, 2.75) is 19.0 Å². The number of aliphatic hydroxyl groups is 1. The summed E-state index contributed by atoms with van der Waals surface area (Å²) in [5.41, 5.74) is 2.16. The van der Waals surface area contributed by atoms with Crippen LogP contribution in [0.4, 0.5) is 4.39 Å². The summed E-state index contributed by atoms with van der Waals surface area (Å²) in [7, 11) is 0. The fourth-order valence-corrected chi connectivity index (χ4v) is 2.44. The van der Waals surface area contributed by atoms with E-state index in [4.69, 9.17) is 0 Å². The molecule has 0 saturated heterocycles. The third-order valence-electron chi connectivity index (χ3n) is 3.12. The Morgan fingerprint density at radius 2 is 1.85 bits per heavy atom. The van der Waals surface area contributed by atoms with Crippen molar-refractivity contribution in [3.8, 4) is 0 Å². The van der Waals surface area contributed by atoms with Gasteiger partial charge in [-0.15, -0.1) is 0 Å². The Morgan fingerprint density at radius 1 is 1.10 bits per heavy atom. The molecular weight excluding hydrogens is 321 g/mol. The van der Waals surface area contributed by atoms with Crippen molar-refractivity contribution < 1.29 is 9.50 Å². The van der Waals surface area contributed by atoms with Gasteiger partial charge in [0.2, 0.25) is 0 Å². The first-order chi connectivity index (χ1) is 9.69. The van der Waals surface area contributed by atoms with Crippen molar-refractivity contribution in [2.24, 2.45) is 0 Å². The van der Waals surface area contributed by atoms with Crippen molar-refractivity contribution in [1.82, 2.24) is 5.32 Å². The molecular formula is C16H17BrFNO. The first-order valence-electron chi connectivity index (χ1n) is 6.51. The van der Waals surface area contributed by atoms with Crippen LogP contribution < -0.4 is 5.32 Å². The summed E-state index contributed by atoms with van der Waals surface area (Å²) in [6.45, 7) is 0.661. The van der Waals surface area contributed by atoms with Gasteiger partial charge in [-0.1, -0.05) is 36.4 Å². The van der Waals surface area contributed by atoms with Gasteiger partial charge in [-0.2, -0.15) is 0 Å². The molecule has 106 valence electrons. The van der Waals surface area contributed by atoms with Gasteiger partial charge >= 0.3 is 0 Å². The van der Waals surface area contributed by atoms with E-state index in [9.17, 15) is 9.50 Å². The van der Waals surface area contributed by atoms with Crippen LogP contribution in [0.15, 0.2) is 53.0 Å². The van der Waals surface area contributed by atoms with Crippen LogP contribution in [-0.4, -0.2) is 17.8 Å². The van der Waals surface area contributed by atoms with Gasteiger partial charge < -0.3 is 10.4 Å². The van der Waals surface area contributed by atoms with Gasteiger partial charge in [0.25, 0.3) is 0 Å². The molecule has 2 rings (SSSR count). The minimum absolute atomic E-state index is 0.0128. The Bertz CT molecular complexity index is 547. The molecule has 20 heavy (non-hydrogen) atoms. The zero-order valence-corrected chi connectivity index (χ0v) is 12.6. The maximum Gasteiger partial charge on any atom is 0.137 e. The zero-order valence-electron chi connectivity index (χ0n) is 11.0. The molecule has 1 atom stereocenters. The molecule has 0 aliphatic carbocycles. The fourth-order valence-electron chi connectivity index (χ4n) is 2.01. The summed E-state index contributed by atoms with van der Waals surface area (Å²) < 4.78 is 13.6. The van der Waals surface area contributed by atoms with E-state index >= 15 is 0 Å². The highest BCUT2D eigenvalue weighted by atomic mass is 79.9. The van der Waals surface area contributed by atoms with E-state index in [-0.39, 0.29) is 18.5 Å². The van der Waals surface area contributed by atoms with Crippen LogP contribution in [0.1, 0.15) is 11.1 Å². The monoisotopic (exact) mass is 337 g/mol. The maximum absolute atomic E-state index is 13.1. The summed E-state index contributed by atoms with van der Waals surface area (Å²) in [4.78, 5) is 0. The molecule has 0 amide bonds.